The zero-order chi connectivity index (χ0) is 8.55. The number of nitriles is 1. The molecule has 12 heavy (non-hydrogen) atoms. The number of rotatable bonds is 0. The van der Waals surface area contributed by atoms with Crippen molar-refractivity contribution in [2.45, 2.75) is 19.4 Å². The van der Waals surface area contributed by atoms with Gasteiger partial charge >= 0.3 is 0 Å². The first-order valence-electron chi connectivity index (χ1n) is 4.01. The molecule has 0 aliphatic carbocycles. The Labute approximate surface area is 70.6 Å². The Morgan fingerprint density at radius 3 is 3.33 bits per heavy atom. The molecule has 1 aliphatic heterocycles. The second-order valence-corrected chi connectivity index (χ2v) is 3.09. The van der Waals surface area contributed by atoms with Crippen LogP contribution in [0.1, 0.15) is 12.1 Å². The van der Waals surface area contributed by atoms with Gasteiger partial charge in [-0.2, -0.15) is 10.4 Å². The fraction of sp³-hybridized carbons (Fsp3) is 0.500. The summed E-state index contributed by atoms with van der Waals surface area (Å²) in [6.07, 6.45) is 3.31. The summed E-state index contributed by atoms with van der Waals surface area (Å²) in [4.78, 5) is 0. The van der Waals surface area contributed by atoms with Crippen LogP contribution >= 0.6 is 0 Å². The van der Waals surface area contributed by atoms with Crippen LogP contribution in [0.2, 0.25) is 0 Å². The van der Waals surface area contributed by atoms with Gasteiger partial charge in [0.2, 0.25) is 0 Å². The quantitative estimate of drug-likeness (QED) is 0.605. The van der Waals surface area contributed by atoms with Gasteiger partial charge in [-0.1, -0.05) is 0 Å². The van der Waals surface area contributed by atoms with Crippen LogP contribution in [-0.4, -0.2) is 9.78 Å². The summed E-state index contributed by atoms with van der Waals surface area (Å²) >= 11 is 0. The molecule has 2 N–H and O–H groups in total. The molecule has 1 unspecified atom stereocenters. The number of aryl methyl sites for hydroxylation is 1. The lowest BCUT2D eigenvalue weighted by Crippen LogP contribution is -2.19. The molecule has 2 rings (SSSR count). The third kappa shape index (κ3) is 0.944. The zero-order valence-electron chi connectivity index (χ0n) is 6.70. The van der Waals surface area contributed by atoms with Crippen LogP contribution in [0.5, 0.6) is 0 Å². The van der Waals surface area contributed by atoms with Crippen LogP contribution in [0.15, 0.2) is 6.20 Å². The second kappa shape index (κ2) is 2.52. The number of aromatic nitrogens is 2. The van der Waals surface area contributed by atoms with Gasteiger partial charge in [0.15, 0.2) is 0 Å². The largest absolute Gasteiger partial charge is 0.396 e. The van der Waals surface area contributed by atoms with Crippen LogP contribution in [0.25, 0.3) is 0 Å². The average molecular weight is 162 g/mol. The molecule has 1 aromatic rings. The van der Waals surface area contributed by atoms with E-state index in [1.54, 1.807) is 6.20 Å². The van der Waals surface area contributed by atoms with Crippen LogP contribution < -0.4 is 5.73 Å². The Kier molecular flexibility index (Phi) is 1.51. The molecule has 0 bridgehead atoms. The molecule has 4 heteroatoms. The van der Waals surface area contributed by atoms with Gasteiger partial charge < -0.3 is 5.73 Å². The van der Waals surface area contributed by atoms with E-state index in [9.17, 15) is 0 Å². The minimum atomic E-state index is 0.122. The van der Waals surface area contributed by atoms with Crippen molar-refractivity contribution in [3.63, 3.8) is 0 Å². The summed E-state index contributed by atoms with van der Waals surface area (Å²) in [5, 5.41) is 12.8. The molecule has 2 heterocycles. The zero-order valence-corrected chi connectivity index (χ0v) is 6.70. The first-order chi connectivity index (χ1) is 5.81. The van der Waals surface area contributed by atoms with Gasteiger partial charge in [-0.15, -0.1) is 0 Å². The molecule has 4 nitrogen and oxygen atoms in total. The first kappa shape index (κ1) is 7.17. The van der Waals surface area contributed by atoms with Crippen molar-refractivity contribution in [2.75, 3.05) is 5.73 Å². The van der Waals surface area contributed by atoms with E-state index in [0.29, 0.717) is 0 Å². The third-order valence-electron chi connectivity index (χ3n) is 2.29. The van der Waals surface area contributed by atoms with Crippen molar-refractivity contribution in [1.29, 1.82) is 5.26 Å². The Bertz CT molecular complexity index is 333. The summed E-state index contributed by atoms with van der Waals surface area (Å²) in [5.74, 6) is 0.122. The van der Waals surface area contributed by atoms with E-state index in [1.165, 1.54) is 0 Å². The van der Waals surface area contributed by atoms with Gasteiger partial charge in [0.05, 0.1) is 29.6 Å². The number of nitrogens with zero attached hydrogens (tertiary/aromatic N) is 3. The van der Waals surface area contributed by atoms with Crippen molar-refractivity contribution in [1.82, 2.24) is 9.78 Å². The van der Waals surface area contributed by atoms with E-state index < -0.39 is 0 Å². The van der Waals surface area contributed by atoms with E-state index >= 15 is 0 Å². The maximum absolute atomic E-state index is 8.72. The molecule has 0 radical (unpaired) electrons. The van der Waals surface area contributed by atoms with Crippen molar-refractivity contribution in [3.05, 3.63) is 11.9 Å². The molecule has 1 aromatic heterocycles. The minimum Gasteiger partial charge on any atom is -0.396 e. The molecule has 0 saturated heterocycles. The van der Waals surface area contributed by atoms with Gasteiger partial charge in [0, 0.05) is 13.0 Å². The van der Waals surface area contributed by atoms with Crippen molar-refractivity contribution < 1.29 is 0 Å². The number of nitrogens with two attached hydrogens (primary N) is 1. The Hall–Kier alpha value is -1.50. The predicted octanol–water partition coefficient (Wildman–Crippen LogP) is 0.551. The number of anilines is 1. The second-order valence-electron chi connectivity index (χ2n) is 3.09. The molecule has 0 spiro atoms. The highest BCUT2D eigenvalue weighted by Gasteiger charge is 2.20. The van der Waals surface area contributed by atoms with E-state index in [1.807, 2.05) is 4.68 Å². The summed E-state index contributed by atoms with van der Waals surface area (Å²) in [7, 11) is 0. The average Bonchev–Trinajstić information content (AvgIpc) is 2.47. The molecular weight excluding hydrogens is 152 g/mol. The Balaban J connectivity index is 2.33. The van der Waals surface area contributed by atoms with Crippen molar-refractivity contribution in [2.24, 2.45) is 5.92 Å². The molecule has 62 valence electrons. The first-order valence-corrected chi connectivity index (χ1v) is 4.01. The van der Waals surface area contributed by atoms with Gasteiger partial charge in [0.25, 0.3) is 0 Å². The maximum Gasteiger partial charge on any atom is 0.0733 e. The lowest BCUT2D eigenvalue weighted by molar-refractivity contribution is 0.428. The lowest BCUT2D eigenvalue weighted by Gasteiger charge is -2.17. The smallest absolute Gasteiger partial charge is 0.0733 e. The van der Waals surface area contributed by atoms with Crippen LogP contribution in [0.4, 0.5) is 5.69 Å². The molecule has 0 fully saturated rings. The SMILES string of the molecule is N#CC1CCn2ncc(N)c2C1. The van der Waals surface area contributed by atoms with Gasteiger partial charge in [-0.05, 0) is 6.42 Å². The summed E-state index contributed by atoms with van der Waals surface area (Å²) in [6.45, 7) is 0.824. The fourth-order valence-corrected chi connectivity index (χ4v) is 1.56. The normalized spacial score (nSPS) is 21.4. The number of fused-ring (bicyclic) bond motifs is 1. The molecular formula is C8H10N4. The van der Waals surface area contributed by atoms with Gasteiger partial charge in [-0.25, -0.2) is 0 Å². The minimum absolute atomic E-state index is 0.122. The highest BCUT2D eigenvalue weighted by Crippen LogP contribution is 2.23. The molecule has 0 saturated carbocycles. The van der Waals surface area contributed by atoms with E-state index in [2.05, 4.69) is 11.2 Å². The molecule has 1 atom stereocenters. The van der Waals surface area contributed by atoms with Crippen LogP contribution in [0.3, 0.4) is 0 Å². The Morgan fingerprint density at radius 1 is 1.75 bits per heavy atom. The monoisotopic (exact) mass is 162 g/mol. The standard InChI is InChI=1S/C8H10N4/c9-4-6-1-2-12-8(3-6)7(10)5-11-12/h5-6H,1-3,10H2. The topological polar surface area (TPSA) is 67.6 Å². The van der Waals surface area contributed by atoms with E-state index in [0.717, 1.165) is 30.8 Å². The van der Waals surface area contributed by atoms with E-state index in [-0.39, 0.29) is 5.92 Å². The number of hydrogen-bond donors (Lipinski definition) is 1. The lowest BCUT2D eigenvalue weighted by atomic mass is 9.97. The Morgan fingerprint density at radius 2 is 2.58 bits per heavy atom. The van der Waals surface area contributed by atoms with Gasteiger partial charge in [-0.3, -0.25) is 4.68 Å². The molecule has 0 amide bonds. The van der Waals surface area contributed by atoms with E-state index in [4.69, 9.17) is 11.0 Å². The molecule has 1 aliphatic rings. The van der Waals surface area contributed by atoms with Crippen molar-refractivity contribution in [3.8, 4) is 6.07 Å². The summed E-state index contributed by atoms with van der Waals surface area (Å²) < 4.78 is 1.89. The number of nitrogen functional groups attached to an aromatic ring is 1. The predicted molar refractivity (Wildman–Crippen MR) is 44.1 cm³/mol. The number of hydrogen-bond acceptors (Lipinski definition) is 3. The maximum atomic E-state index is 8.72. The fourth-order valence-electron chi connectivity index (χ4n) is 1.56. The van der Waals surface area contributed by atoms with Crippen molar-refractivity contribution >= 4 is 5.69 Å². The summed E-state index contributed by atoms with van der Waals surface area (Å²) in [6, 6.07) is 2.27. The highest BCUT2D eigenvalue weighted by atomic mass is 15.3. The molecule has 0 aromatic carbocycles. The highest BCUT2D eigenvalue weighted by molar-refractivity contribution is 5.41. The summed E-state index contributed by atoms with van der Waals surface area (Å²) in [5.41, 5.74) is 7.42. The third-order valence-corrected chi connectivity index (χ3v) is 2.29. The van der Waals surface area contributed by atoms with Crippen LogP contribution in [-0.2, 0) is 13.0 Å². The van der Waals surface area contributed by atoms with Gasteiger partial charge in [0.1, 0.15) is 0 Å². The van der Waals surface area contributed by atoms with Crippen LogP contribution in [0, 0.1) is 17.2 Å².